The molecule has 0 aromatic heterocycles. The van der Waals surface area contributed by atoms with E-state index in [1.807, 2.05) is 0 Å². The van der Waals surface area contributed by atoms with Gasteiger partial charge in [-0.3, -0.25) is 0 Å². The SMILES string of the molecule is C=C(CC)CNC1CCN(C)C1. The molecule has 1 rings (SSSR count). The monoisotopic (exact) mass is 168 g/mol. The second-order valence-corrected chi connectivity index (χ2v) is 3.73. The van der Waals surface area contributed by atoms with Crippen LogP contribution in [0, 0.1) is 0 Å². The van der Waals surface area contributed by atoms with Crippen molar-refractivity contribution in [3.05, 3.63) is 12.2 Å². The lowest BCUT2D eigenvalue weighted by Crippen LogP contribution is -2.32. The molecular formula is C10H20N2. The number of hydrogen-bond acceptors (Lipinski definition) is 2. The molecule has 1 fully saturated rings. The van der Waals surface area contributed by atoms with Crippen LogP contribution in [-0.2, 0) is 0 Å². The molecule has 2 heteroatoms. The molecule has 12 heavy (non-hydrogen) atoms. The van der Waals surface area contributed by atoms with E-state index in [2.05, 4.69) is 30.8 Å². The summed E-state index contributed by atoms with van der Waals surface area (Å²) in [6.07, 6.45) is 2.38. The van der Waals surface area contributed by atoms with Crippen LogP contribution in [0.3, 0.4) is 0 Å². The summed E-state index contributed by atoms with van der Waals surface area (Å²) in [5.41, 5.74) is 1.31. The third-order valence-corrected chi connectivity index (χ3v) is 2.53. The first kappa shape index (κ1) is 9.75. The van der Waals surface area contributed by atoms with E-state index >= 15 is 0 Å². The largest absolute Gasteiger partial charge is 0.309 e. The minimum atomic E-state index is 0.693. The average molecular weight is 168 g/mol. The number of rotatable bonds is 4. The van der Waals surface area contributed by atoms with Crippen LogP contribution in [0.25, 0.3) is 0 Å². The lowest BCUT2D eigenvalue weighted by molar-refractivity contribution is 0.400. The average Bonchev–Trinajstić information content (AvgIpc) is 2.47. The summed E-state index contributed by atoms with van der Waals surface area (Å²) >= 11 is 0. The summed E-state index contributed by atoms with van der Waals surface area (Å²) in [6, 6.07) is 0.693. The first-order valence-corrected chi connectivity index (χ1v) is 4.81. The van der Waals surface area contributed by atoms with Crippen molar-refractivity contribution in [3.63, 3.8) is 0 Å². The maximum atomic E-state index is 3.98. The zero-order valence-electron chi connectivity index (χ0n) is 8.27. The molecule has 1 unspecified atom stereocenters. The zero-order chi connectivity index (χ0) is 8.97. The highest BCUT2D eigenvalue weighted by Gasteiger charge is 2.17. The van der Waals surface area contributed by atoms with Crippen LogP contribution < -0.4 is 5.32 Å². The summed E-state index contributed by atoms with van der Waals surface area (Å²) in [4.78, 5) is 2.37. The van der Waals surface area contributed by atoms with E-state index in [0.717, 1.165) is 13.0 Å². The molecule has 2 nitrogen and oxygen atoms in total. The van der Waals surface area contributed by atoms with E-state index in [0.29, 0.717) is 6.04 Å². The van der Waals surface area contributed by atoms with Crippen molar-refractivity contribution >= 4 is 0 Å². The van der Waals surface area contributed by atoms with Gasteiger partial charge in [0.2, 0.25) is 0 Å². The Morgan fingerprint density at radius 3 is 2.92 bits per heavy atom. The molecule has 0 bridgehead atoms. The molecule has 1 heterocycles. The Hall–Kier alpha value is -0.340. The van der Waals surface area contributed by atoms with Crippen molar-refractivity contribution in [3.8, 4) is 0 Å². The Bertz CT molecular complexity index is 154. The van der Waals surface area contributed by atoms with Crippen molar-refractivity contribution in [2.24, 2.45) is 0 Å². The molecular weight excluding hydrogens is 148 g/mol. The second-order valence-electron chi connectivity index (χ2n) is 3.73. The standard InChI is InChI=1S/C10H20N2/c1-4-9(2)7-11-10-5-6-12(3)8-10/h10-11H,2,4-8H2,1,3H3. The molecule has 1 aliphatic rings. The Morgan fingerprint density at radius 1 is 1.67 bits per heavy atom. The van der Waals surface area contributed by atoms with Crippen molar-refractivity contribution in [1.82, 2.24) is 10.2 Å². The minimum Gasteiger partial charge on any atom is -0.309 e. The molecule has 1 atom stereocenters. The Labute approximate surface area is 75.6 Å². The number of likely N-dealkylation sites (tertiary alicyclic amines) is 1. The topological polar surface area (TPSA) is 15.3 Å². The first-order chi connectivity index (χ1) is 5.72. The molecule has 0 radical (unpaired) electrons. The van der Waals surface area contributed by atoms with Gasteiger partial charge in [0.05, 0.1) is 0 Å². The van der Waals surface area contributed by atoms with Crippen LogP contribution in [0.4, 0.5) is 0 Å². The van der Waals surface area contributed by atoms with Crippen molar-refractivity contribution in [2.75, 3.05) is 26.7 Å². The highest BCUT2D eigenvalue weighted by atomic mass is 15.2. The predicted octanol–water partition coefficient (Wildman–Crippen LogP) is 1.25. The van der Waals surface area contributed by atoms with E-state index in [4.69, 9.17) is 0 Å². The number of hydrogen-bond donors (Lipinski definition) is 1. The molecule has 0 saturated carbocycles. The third kappa shape index (κ3) is 2.95. The number of nitrogens with one attached hydrogen (secondary N) is 1. The highest BCUT2D eigenvalue weighted by Crippen LogP contribution is 2.06. The van der Waals surface area contributed by atoms with Crippen molar-refractivity contribution in [1.29, 1.82) is 0 Å². The van der Waals surface area contributed by atoms with Crippen molar-refractivity contribution in [2.45, 2.75) is 25.8 Å². The van der Waals surface area contributed by atoms with Crippen LogP contribution in [-0.4, -0.2) is 37.6 Å². The van der Waals surface area contributed by atoms with Crippen molar-refractivity contribution < 1.29 is 0 Å². The zero-order valence-corrected chi connectivity index (χ0v) is 8.27. The van der Waals surface area contributed by atoms with Gasteiger partial charge in [0.1, 0.15) is 0 Å². The predicted molar refractivity (Wildman–Crippen MR) is 53.3 cm³/mol. The van der Waals surface area contributed by atoms with Crippen LogP contribution in [0.1, 0.15) is 19.8 Å². The fraction of sp³-hybridized carbons (Fsp3) is 0.800. The number of nitrogens with zero attached hydrogens (tertiary/aromatic N) is 1. The molecule has 70 valence electrons. The second kappa shape index (κ2) is 4.63. The lowest BCUT2D eigenvalue weighted by Gasteiger charge is -2.13. The van der Waals surface area contributed by atoms with Crippen LogP contribution in [0.15, 0.2) is 12.2 Å². The fourth-order valence-corrected chi connectivity index (χ4v) is 1.52. The molecule has 1 saturated heterocycles. The van der Waals surface area contributed by atoms with Gasteiger partial charge in [-0.25, -0.2) is 0 Å². The van der Waals surface area contributed by atoms with Gasteiger partial charge >= 0.3 is 0 Å². The van der Waals surface area contributed by atoms with Gasteiger partial charge in [-0.1, -0.05) is 19.1 Å². The quantitative estimate of drug-likeness (QED) is 0.635. The van der Waals surface area contributed by atoms with Gasteiger partial charge in [-0.05, 0) is 26.4 Å². The van der Waals surface area contributed by atoms with Gasteiger partial charge in [0.15, 0.2) is 0 Å². The summed E-state index contributed by atoms with van der Waals surface area (Å²) in [7, 11) is 2.18. The maximum absolute atomic E-state index is 3.98. The molecule has 1 N–H and O–H groups in total. The fourth-order valence-electron chi connectivity index (χ4n) is 1.52. The summed E-state index contributed by atoms with van der Waals surface area (Å²) in [6.45, 7) is 9.55. The van der Waals surface area contributed by atoms with E-state index < -0.39 is 0 Å². The molecule has 0 spiro atoms. The van der Waals surface area contributed by atoms with Crippen LogP contribution in [0.2, 0.25) is 0 Å². The molecule has 1 aliphatic heterocycles. The van der Waals surface area contributed by atoms with Gasteiger partial charge in [0, 0.05) is 19.1 Å². The van der Waals surface area contributed by atoms with Gasteiger partial charge in [-0.15, -0.1) is 0 Å². The van der Waals surface area contributed by atoms with Crippen LogP contribution in [0.5, 0.6) is 0 Å². The Morgan fingerprint density at radius 2 is 2.42 bits per heavy atom. The number of likely N-dealkylation sites (N-methyl/N-ethyl adjacent to an activating group) is 1. The first-order valence-electron chi connectivity index (χ1n) is 4.81. The summed E-state index contributed by atoms with van der Waals surface area (Å²) in [5.74, 6) is 0. The summed E-state index contributed by atoms with van der Waals surface area (Å²) in [5, 5.41) is 3.52. The molecule has 0 aromatic carbocycles. The van der Waals surface area contributed by atoms with E-state index in [9.17, 15) is 0 Å². The highest BCUT2D eigenvalue weighted by molar-refractivity contribution is 4.96. The maximum Gasteiger partial charge on any atom is 0.0210 e. The van der Waals surface area contributed by atoms with E-state index in [1.165, 1.54) is 25.1 Å². The van der Waals surface area contributed by atoms with Gasteiger partial charge in [0.25, 0.3) is 0 Å². The van der Waals surface area contributed by atoms with E-state index in [1.54, 1.807) is 0 Å². The van der Waals surface area contributed by atoms with Gasteiger partial charge in [-0.2, -0.15) is 0 Å². The summed E-state index contributed by atoms with van der Waals surface area (Å²) < 4.78 is 0. The Balaban J connectivity index is 2.11. The third-order valence-electron chi connectivity index (χ3n) is 2.53. The minimum absolute atomic E-state index is 0.693. The molecule has 0 aromatic rings. The lowest BCUT2D eigenvalue weighted by atomic mass is 10.2. The van der Waals surface area contributed by atoms with E-state index in [-0.39, 0.29) is 0 Å². The Kier molecular flexibility index (Phi) is 3.76. The van der Waals surface area contributed by atoms with Gasteiger partial charge < -0.3 is 10.2 Å². The molecule has 0 aliphatic carbocycles. The van der Waals surface area contributed by atoms with Crippen LogP contribution >= 0.6 is 0 Å². The smallest absolute Gasteiger partial charge is 0.0210 e. The molecule has 0 amide bonds. The normalized spacial score (nSPS) is 24.7.